The van der Waals surface area contributed by atoms with Gasteiger partial charge in [0.25, 0.3) is 0 Å². The normalized spacial score (nSPS) is 12.2. The highest BCUT2D eigenvalue weighted by molar-refractivity contribution is 6.30. The third-order valence-electron chi connectivity index (χ3n) is 5.27. The average molecular weight is 464 g/mol. The second-order valence-corrected chi connectivity index (χ2v) is 7.88. The van der Waals surface area contributed by atoms with Gasteiger partial charge < -0.3 is 11.1 Å². The molecule has 0 aliphatic rings. The Balaban J connectivity index is 1.38. The number of nitrogens with zero attached hydrogens (tertiary/aromatic N) is 7. The molecule has 0 aliphatic heterocycles. The van der Waals surface area contributed by atoms with Crippen molar-refractivity contribution in [3.8, 4) is 11.3 Å². The van der Waals surface area contributed by atoms with Crippen LogP contribution in [-0.2, 0) is 13.5 Å². The van der Waals surface area contributed by atoms with Crippen LogP contribution in [0, 0.1) is 5.82 Å². The Hall–Kier alpha value is -3.89. The molecule has 0 radical (unpaired) electrons. The van der Waals surface area contributed by atoms with Gasteiger partial charge in [-0.15, -0.1) is 10.2 Å². The Kier molecular flexibility index (Phi) is 5.45. The first-order valence-corrected chi connectivity index (χ1v) is 10.5. The summed E-state index contributed by atoms with van der Waals surface area (Å²) in [5.41, 5.74) is 9.30. The molecule has 1 aromatic carbocycles. The number of pyridine rings is 1. The van der Waals surface area contributed by atoms with Crippen LogP contribution >= 0.6 is 11.6 Å². The van der Waals surface area contributed by atoms with Crippen LogP contribution in [0.2, 0.25) is 5.02 Å². The summed E-state index contributed by atoms with van der Waals surface area (Å²) in [6, 6.07) is 11.6. The van der Waals surface area contributed by atoms with E-state index >= 15 is 0 Å². The van der Waals surface area contributed by atoms with Crippen molar-refractivity contribution in [2.75, 3.05) is 5.32 Å². The fourth-order valence-corrected chi connectivity index (χ4v) is 3.68. The van der Waals surface area contributed by atoms with Gasteiger partial charge in [0.2, 0.25) is 5.95 Å². The topological polar surface area (TPSA) is 112 Å². The van der Waals surface area contributed by atoms with Crippen molar-refractivity contribution in [3.63, 3.8) is 0 Å². The van der Waals surface area contributed by atoms with Crippen LogP contribution in [0.25, 0.3) is 16.9 Å². The van der Waals surface area contributed by atoms with Crippen molar-refractivity contribution < 1.29 is 4.39 Å². The molecule has 0 saturated heterocycles. The molecule has 33 heavy (non-hydrogen) atoms. The fourth-order valence-electron chi connectivity index (χ4n) is 3.49. The number of nitrogens with two attached hydrogens (primary N) is 1. The van der Waals surface area contributed by atoms with Gasteiger partial charge in [0.15, 0.2) is 5.65 Å². The van der Waals surface area contributed by atoms with Crippen molar-refractivity contribution in [1.82, 2.24) is 34.3 Å². The summed E-state index contributed by atoms with van der Waals surface area (Å²) in [5.74, 6) is 1.45. The summed E-state index contributed by atoms with van der Waals surface area (Å²) >= 11 is 5.89. The summed E-state index contributed by atoms with van der Waals surface area (Å²) in [6.07, 6.45) is 5.67. The average Bonchev–Trinajstić information content (AvgIpc) is 3.41. The van der Waals surface area contributed by atoms with E-state index in [9.17, 15) is 4.39 Å². The highest BCUT2D eigenvalue weighted by Gasteiger charge is 2.15. The lowest BCUT2D eigenvalue weighted by Crippen LogP contribution is -2.15. The van der Waals surface area contributed by atoms with Crippen LogP contribution in [-0.4, -0.2) is 34.3 Å². The van der Waals surface area contributed by atoms with E-state index in [1.165, 1.54) is 12.1 Å². The van der Waals surface area contributed by atoms with E-state index in [0.717, 1.165) is 22.6 Å². The molecule has 5 aromatic rings. The van der Waals surface area contributed by atoms with Gasteiger partial charge in [0.05, 0.1) is 16.9 Å². The molecule has 0 spiro atoms. The fraction of sp³-hybridized carbons (Fsp3) is 0.136. The molecule has 1 unspecified atom stereocenters. The summed E-state index contributed by atoms with van der Waals surface area (Å²) < 4.78 is 17.0. The number of nitrogens with one attached hydrogen (secondary N) is 1. The molecule has 5 rings (SSSR count). The highest BCUT2D eigenvalue weighted by atomic mass is 35.5. The number of halogens is 2. The van der Waals surface area contributed by atoms with E-state index in [1.807, 2.05) is 41.9 Å². The lowest BCUT2D eigenvalue weighted by atomic mass is 10.0. The molecule has 4 heterocycles. The third kappa shape index (κ3) is 4.26. The van der Waals surface area contributed by atoms with Crippen LogP contribution in [0.3, 0.4) is 0 Å². The van der Waals surface area contributed by atoms with E-state index in [0.29, 0.717) is 23.8 Å². The minimum Gasteiger partial charge on any atom is -0.324 e. The van der Waals surface area contributed by atoms with E-state index in [1.54, 1.807) is 23.1 Å². The van der Waals surface area contributed by atoms with Crippen molar-refractivity contribution in [1.29, 1.82) is 0 Å². The molecule has 166 valence electrons. The molecule has 1 atom stereocenters. The first-order valence-electron chi connectivity index (χ1n) is 10.1. The first kappa shape index (κ1) is 21.0. The SMILES string of the molecule is Cn1nccc1Nc1nccc(-c2ccn3c(CC(N)c4ccc(F)c(Cl)c4)nnc3c2)n1. The summed E-state index contributed by atoms with van der Waals surface area (Å²) in [6.45, 7) is 0. The molecule has 4 aromatic heterocycles. The molecular formula is C22H19ClFN9. The standard InChI is InChI=1S/C22H19ClFN9/c1-32-19(5-8-27-32)29-22-26-7-4-18(28-22)14-6-9-33-20(11-14)30-31-21(33)12-17(25)13-2-3-16(24)15(23)10-13/h2-11,17H,12,25H2,1H3,(H,26,28,29). The molecule has 0 bridgehead atoms. The molecule has 3 N–H and O–H groups in total. The number of anilines is 2. The Morgan fingerprint density at radius 2 is 2.00 bits per heavy atom. The van der Waals surface area contributed by atoms with Crippen molar-refractivity contribution >= 4 is 29.0 Å². The zero-order valence-corrected chi connectivity index (χ0v) is 18.3. The molecule has 11 heteroatoms. The maximum absolute atomic E-state index is 13.4. The van der Waals surface area contributed by atoms with Crippen LogP contribution in [0.15, 0.2) is 61.1 Å². The molecular weight excluding hydrogens is 445 g/mol. The molecule has 0 amide bonds. The maximum Gasteiger partial charge on any atom is 0.228 e. The molecule has 0 fully saturated rings. The summed E-state index contributed by atoms with van der Waals surface area (Å²) in [5, 5.41) is 15.9. The minimum absolute atomic E-state index is 0.0424. The monoisotopic (exact) mass is 463 g/mol. The first-order chi connectivity index (χ1) is 16.0. The number of hydrogen-bond donors (Lipinski definition) is 2. The zero-order chi connectivity index (χ0) is 22.9. The van der Waals surface area contributed by atoms with Gasteiger partial charge in [0, 0.05) is 43.5 Å². The van der Waals surface area contributed by atoms with Crippen LogP contribution in [0.5, 0.6) is 0 Å². The number of fused-ring (bicyclic) bond motifs is 1. The van der Waals surface area contributed by atoms with Gasteiger partial charge in [0.1, 0.15) is 17.5 Å². The number of benzene rings is 1. The Morgan fingerprint density at radius 1 is 1.12 bits per heavy atom. The van der Waals surface area contributed by atoms with Crippen LogP contribution in [0.4, 0.5) is 16.2 Å². The summed E-state index contributed by atoms with van der Waals surface area (Å²) in [4.78, 5) is 8.87. The van der Waals surface area contributed by atoms with Crippen LogP contribution in [0.1, 0.15) is 17.4 Å². The van der Waals surface area contributed by atoms with Crippen molar-refractivity contribution in [3.05, 3.63) is 83.3 Å². The van der Waals surface area contributed by atoms with Crippen molar-refractivity contribution in [2.24, 2.45) is 12.8 Å². The van der Waals surface area contributed by atoms with Gasteiger partial charge in [-0.3, -0.25) is 9.08 Å². The number of hydrogen-bond acceptors (Lipinski definition) is 7. The molecule has 0 saturated carbocycles. The number of rotatable bonds is 6. The van der Waals surface area contributed by atoms with E-state index in [2.05, 4.69) is 30.6 Å². The van der Waals surface area contributed by atoms with E-state index in [-0.39, 0.29) is 5.02 Å². The number of aromatic nitrogens is 7. The Labute approximate surface area is 193 Å². The van der Waals surface area contributed by atoms with E-state index < -0.39 is 11.9 Å². The van der Waals surface area contributed by atoms with Gasteiger partial charge in [-0.05, 0) is 35.9 Å². The molecule has 0 aliphatic carbocycles. The predicted molar refractivity (Wildman–Crippen MR) is 123 cm³/mol. The maximum atomic E-state index is 13.4. The second-order valence-electron chi connectivity index (χ2n) is 7.47. The third-order valence-corrected chi connectivity index (χ3v) is 5.56. The van der Waals surface area contributed by atoms with Crippen LogP contribution < -0.4 is 11.1 Å². The molecule has 9 nitrogen and oxygen atoms in total. The smallest absolute Gasteiger partial charge is 0.228 e. The van der Waals surface area contributed by atoms with E-state index in [4.69, 9.17) is 17.3 Å². The van der Waals surface area contributed by atoms with Gasteiger partial charge in [-0.25, -0.2) is 14.4 Å². The Bertz CT molecular complexity index is 1450. The van der Waals surface area contributed by atoms with Gasteiger partial charge >= 0.3 is 0 Å². The summed E-state index contributed by atoms with van der Waals surface area (Å²) in [7, 11) is 1.83. The lowest BCUT2D eigenvalue weighted by Gasteiger charge is -2.12. The largest absolute Gasteiger partial charge is 0.324 e. The van der Waals surface area contributed by atoms with Crippen molar-refractivity contribution in [2.45, 2.75) is 12.5 Å². The number of aryl methyl sites for hydroxylation is 1. The van der Waals surface area contributed by atoms with Gasteiger partial charge in [-0.1, -0.05) is 17.7 Å². The second kappa shape index (κ2) is 8.57. The predicted octanol–water partition coefficient (Wildman–Crippen LogP) is 3.70. The lowest BCUT2D eigenvalue weighted by molar-refractivity contribution is 0.623. The van der Waals surface area contributed by atoms with Gasteiger partial charge in [-0.2, -0.15) is 5.10 Å². The highest BCUT2D eigenvalue weighted by Crippen LogP contribution is 2.24. The quantitative estimate of drug-likeness (QED) is 0.395. The zero-order valence-electron chi connectivity index (χ0n) is 17.5. The Morgan fingerprint density at radius 3 is 2.79 bits per heavy atom. The minimum atomic E-state index is -0.475.